The molecule has 1 aliphatic rings. The highest BCUT2D eigenvalue weighted by atomic mass is 35.5. The van der Waals surface area contributed by atoms with Crippen LogP contribution in [0.5, 0.6) is 5.75 Å². The van der Waals surface area contributed by atoms with Crippen LogP contribution < -0.4 is 4.74 Å². The summed E-state index contributed by atoms with van der Waals surface area (Å²) in [7, 11) is -0.942. The van der Waals surface area contributed by atoms with Crippen LogP contribution in [0.2, 0.25) is 5.02 Å². The third kappa shape index (κ3) is 5.12. The van der Waals surface area contributed by atoms with Crippen LogP contribution >= 0.6 is 23.4 Å². The van der Waals surface area contributed by atoms with Gasteiger partial charge in [0.25, 0.3) is 0 Å². The van der Waals surface area contributed by atoms with Crippen LogP contribution in [0.15, 0.2) is 29.4 Å². The normalized spacial score (nSPS) is 19.2. The van der Waals surface area contributed by atoms with Crippen LogP contribution in [0.4, 0.5) is 0 Å². The van der Waals surface area contributed by atoms with Crippen molar-refractivity contribution in [3.63, 3.8) is 0 Å². The van der Waals surface area contributed by atoms with Gasteiger partial charge in [-0.1, -0.05) is 29.4 Å². The molecule has 1 aromatic carbocycles. The molecule has 1 atom stereocenters. The zero-order chi connectivity index (χ0) is 17.9. The molecule has 0 aliphatic carbocycles. The van der Waals surface area contributed by atoms with Gasteiger partial charge >= 0.3 is 0 Å². The Bertz CT molecular complexity index is 839. The Morgan fingerprint density at radius 2 is 2.24 bits per heavy atom. The van der Waals surface area contributed by atoms with E-state index in [9.17, 15) is 8.42 Å². The number of aromatic nitrogens is 3. The van der Waals surface area contributed by atoms with Gasteiger partial charge in [-0.05, 0) is 30.5 Å². The molecule has 3 rings (SSSR count). The summed E-state index contributed by atoms with van der Waals surface area (Å²) in [5.74, 6) is 3.01. The lowest BCUT2D eigenvalue weighted by Gasteiger charge is -2.08. The predicted octanol–water partition coefficient (Wildman–Crippen LogP) is 2.62. The fourth-order valence-corrected chi connectivity index (χ4v) is 5.58. The van der Waals surface area contributed by atoms with Crippen molar-refractivity contribution in [2.24, 2.45) is 13.0 Å². The summed E-state index contributed by atoms with van der Waals surface area (Å²) in [5.41, 5.74) is 0. The third-order valence-electron chi connectivity index (χ3n) is 4.10. The monoisotopic (exact) mass is 401 g/mol. The van der Waals surface area contributed by atoms with E-state index < -0.39 is 9.84 Å². The van der Waals surface area contributed by atoms with Crippen molar-refractivity contribution in [3.05, 3.63) is 35.1 Å². The zero-order valence-electron chi connectivity index (χ0n) is 13.9. The number of benzene rings is 1. The van der Waals surface area contributed by atoms with Crippen molar-refractivity contribution < 1.29 is 13.2 Å². The summed E-state index contributed by atoms with van der Waals surface area (Å²) in [5, 5.41) is 9.88. The molecule has 0 amide bonds. The van der Waals surface area contributed by atoms with Crippen LogP contribution in [0.1, 0.15) is 12.2 Å². The first-order valence-electron chi connectivity index (χ1n) is 8.03. The van der Waals surface area contributed by atoms with Crippen molar-refractivity contribution in [1.82, 2.24) is 14.8 Å². The topological polar surface area (TPSA) is 74.1 Å². The molecule has 136 valence electrons. The summed E-state index contributed by atoms with van der Waals surface area (Å²) in [6, 6.07) is 7.30. The average molecular weight is 402 g/mol. The highest BCUT2D eigenvalue weighted by Crippen LogP contribution is 2.24. The van der Waals surface area contributed by atoms with Gasteiger partial charge < -0.3 is 9.30 Å². The first kappa shape index (κ1) is 18.5. The van der Waals surface area contributed by atoms with Gasteiger partial charge in [0.05, 0.1) is 18.1 Å². The van der Waals surface area contributed by atoms with Gasteiger partial charge in [0.1, 0.15) is 11.6 Å². The van der Waals surface area contributed by atoms with Crippen LogP contribution in [0.3, 0.4) is 0 Å². The molecule has 2 heterocycles. The summed E-state index contributed by atoms with van der Waals surface area (Å²) < 4.78 is 30.7. The maximum absolute atomic E-state index is 11.6. The molecule has 0 spiro atoms. The number of halogens is 1. The molecule has 0 bridgehead atoms. The summed E-state index contributed by atoms with van der Waals surface area (Å²) in [4.78, 5) is 0. The minimum Gasteiger partial charge on any atom is -0.493 e. The van der Waals surface area contributed by atoms with Crippen LogP contribution in [0.25, 0.3) is 0 Å². The van der Waals surface area contributed by atoms with E-state index in [0.29, 0.717) is 24.5 Å². The Hall–Kier alpha value is -1.25. The molecule has 9 heteroatoms. The Morgan fingerprint density at radius 3 is 2.96 bits per heavy atom. The lowest BCUT2D eigenvalue weighted by atomic mass is 10.1. The van der Waals surface area contributed by atoms with Gasteiger partial charge in [-0.25, -0.2) is 8.42 Å². The number of nitrogens with zero attached hydrogens (tertiary/aromatic N) is 3. The smallest absolute Gasteiger partial charge is 0.191 e. The quantitative estimate of drug-likeness (QED) is 0.524. The van der Waals surface area contributed by atoms with Crippen molar-refractivity contribution in [2.45, 2.75) is 18.0 Å². The Kier molecular flexibility index (Phi) is 5.91. The summed E-state index contributed by atoms with van der Waals surface area (Å²) in [6.07, 6.45) is 1.37. The molecule has 2 aromatic rings. The molecular formula is C16H20ClN3O3S2. The second-order valence-corrected chi connectivity index (χ2v) is 9.81. The minimum absolute atomic E-state index is 0.150. The largest absolute Gasteiger partial charge is 0.493 e. The van der Waals surface area contributed by atoms with E-state index in [1.165, 1.54) is 0 Å². The number of thioether (sulfide) groups is 1. The zero-order valence-corrected chi connectivity index (χ0v) is 16.3. The molecule has 1 aromatic heterocycles. The highest BCUT2D eigenvalue weighted by Gasteiger charge is 2.29. The Labute approximate surface area is 156 Å². The van der Waals surface area contributed by atoms with Gasteiger partial charge in [0.15, 0.2) is 15.0 Å². The molecule has 0 N–H and O–H groups in total. The third-order valence-corrected chi connectivity index (χ3v) is 7.16. The first-order chi connectivity index (χ1) is 11.9. The van der Waals surface area contributed by atoms with Gasteiger partial charge in [-0.15, -0.1) is 10.2 Å². The molecule has 0 saturated carbocycles. The fraction of sp³-hybridized carbons (Fsp3) is 0.500. The second kappa shape index (κ2) is 7.97. The van der Waals surface area contributed by atoms with E-state index in [1.807, 2.05) is 23.7 Å². The molecule has 0 radical (unpaired) electrons. The highest BCUT2D eigenvalue weighted by molar-refractivity contribution is 7.99. The molecular weight excluding hydrogens is 382 g/mol. The number of ether oxygens (including phenoxy) is 1. The van der Waals surface area contributed by atoms with E-state index in [0.717, 1.165) is 22.5 Å². The lowest BCUT2D eigenvalue weighted by molar-refractivity contribution is 0.344. The molecule has 6 nitrogen and oxygen atoms in total. The van der Waals surface area contributed by atoms with Crippen molar-refractivity contribution in [1.29, 1.82) is 0 Å². The molecule has 1 fully saturated rings. The molecule has 25 heavy (non-hydrogen) atoms. The van der Waals surface area contributed by atoms with Gasteiger partial charge in [0, 0.05) is 24.2 Å². The number of hydrogen-bond donors (Lipinski definition) is 0. The average Bonchev–Trinajstić information content (AvgIpc) is 3.07. The maximum atomic E-state index is 11.6. The van der Waals surface area contributed by atoms with Crippen LogP contribution in [0, 0.1) is 5.92 Å². The second-order valence-electron chi connectivity index (χ2n) is 6.09. The number of sulfone groups is 1. The number of hydrogen-bond acceptors (Lipinski definition) is 6. The van der Waals surface area contributed by atoms with E-state index in [1.54, 1.807) is 23.9 Å². The van der Waals surface area contributed by atoms with Gasteiger partial charge in [-0.3, -0.25) is 0 Å². The van der Waals surface area contributed by atoms with Crippen LogP contribution in [-0.2, 0) is 23.3 Å². The van der Waals surface area contributed by atoms with Gasteiger partial charge in [0.2, 0.25) is 0 Å². The van der Waals surface area contributed by atoms with Crippen LogP contribution in [-0.4, -0.2) is 47.0 Å². The van der Waals surface area contributed by atoms with Crippen molar-refractivity contribution in [3.8, 4) is 5.75 Å². The summed E-state index contributed by atoms with van der Waals surface area (Å²) >= 11 is 7.48. The van der Waals surface area contributed by atoms with E-state index >= 15 is 0 Å². The Morgan fingerprint density at radius 1 is 1.40 bits per heavy atom. The van der Waals surface area contributed by atoms with Crippen molar-refractivity contribution >= 4 is 33.2 Å². The Balaban J connectivity index is 1.48. The van der Waals surface area contributed by atoms with E-state index in [4.69, 9.17) is 16.3 Å². The van der Waals surface area contributed by atoms with Gasteiger partial charge in [-0.2, -0.15) is 0 Å². The first-order valence-corrected chi connectivity index (χ1v) is 11.2. The number of rotatable bonds is 7. The molecule has 1 aliphatic heterocycles. The fourth-order valence-electron chi connectivity index (χ4n) is 2.79. The lowest BCUT2D eigenvalue weighted by Crippen LogP contribution is -2.11. The summed E-state index contributed by atoms with van der Waals surface area (Å²) in [6.45, 7) is 0.536. The van der Waals surface area contributed by atoms with Crippen molar-refractivity contribution in [2.75, 3.05) is 23.9 Å². The van der Waals surface area contributed by atoms with E-state index in [-0.39, 0.29) is 17.4 Å². The molecule has 1 saturated heterocycles. The molecule has 0 unspecified atom stereocenters. The maximum Gasteiger partial charge on any atom is 0.191 e. The van der Waals surface area contributed by atoms with E-state index in [2.05, 4.69) is 10.2 Å². The predicted molar refractivity (Wildman–Crippen MR) is 99.1 cm³/mol. The minimum atomic E-state index is -2.86. The standard InChI is InChI=1S/C16H20ClN3O3S2/c1-20-15(9-12-5-8-25(21,22)11-12)18-19-16(20)24-7-6-23-14-4-2-3-13(17)10-14/h2-4,10,12H,5-9,11H2,1H3/t12-/m1/s1. The SMILES string of the molecule is Cn1c(C[C@H]2CCS(=O)(=O)C2)nnc1SCCOc1cccc(Cl)c1.